The van der Waals surface area contributed by atoms with E-state index in [1.165, 1.54) is 19.3 Å². The molecule has 13 heavy (non-hydrogen) atoms. The Morgan fingerprint density at radius 1 is 1.08 bits per heavy atom. The summed E-state index contributed by atoms with van der Waals surface area (Å²) in [5, 5.41) is -0.234. The fraction of sp³-hybridized carbons (Fsp3) is 1.00. The van der Waals surface area contributed by atoms with Gasteiger partial charge in [-0.15, -0.1) is 0 Å². The van der Waals surface area contributed by atoms with Gasteiger partial charge in [0.1, 0.15) is 0 Å². The van der Waals surface area contributed by atoms with E-state index >= 15 is 0 Å². The highest BCUT2D eigenvalue weighted by Gasteiger charge is 2.52. The molecule has 2 rings (SSSR count). The van der Waals surface area contributed by atoms with E-state index in [1.807, 2.05) is 0 Å². The van der Waals surface area contributed by atoms with Gasteiger partial charge in [-0.1, -0.05) is 19.3 Å². The number of hydrogen-bond donors (Lipinski definition) is 0. The zero-order valence-electron chi connectivity index (χ0n) is 7.63. The van der Waals surface area contributed by atoms with Crippen LogP contribution in [0.15, 0.2) is 0 Å². The normalized spacial score (nSPS) is 32.8. The highest BCUT2D eigenvalue weighted by Crippen LogP contribution is 2.55. The summed E-state index contributed by atoms with van der Waals surface area (Å²) in [5.74, 6) is 0. The standard InChI is InChI=1S/C9H15ClO2S/c10-13(11,12)8-4-7-9(8)5-2-1-3-6-9/h8H,1-7H2. The molecule has 0 bridgehead atoms. The third-order valence-corrected chi connectivity index (χ3v) is 5.84. The van der Waals surface area contributed by atoms with E-state index in [9.17, 15) is 8.42 Å². The average Bonchev–Trinajstić information content (AvgIpc) is 2.01. The van der Waals surface area contributed by atoms with Crippen molar-refractivity contribution in [1.29, 1.82) is 0 Å². The van der Waals surface area contributed by atoms with E-state index in [-0.39, 0.29) is 10.7 Å². The van der Waals surface area contributed by atoms with E-state index in [2.05, 4.69) is 0 Å². The van der Waals surface area contributed by atoms with Crippen LogP contribution in [-0.2, 0) is 9.05 Å². The van der Waals surface area contributed by atoms with Gasteiger partial charge in [-0.2, -0.15) is 0 Å². The van der Waals surface area contributed by atoms with Crippen molar-refractivity contribution >= 4 is 19.7 Å². The molecule has 4 heteroatoms. The second kappa shape index (κ2) is 3.13. The summed E-state index contributed by atoms with van der Waals surface area (Å²) in [4.78, 5) is 0. The van der Waals surface area contributed by atoms with Crippen LogP contribution in [-0.4, -0.2) is 13.7 Å². The minimum Gasteiger partial charge on any atom is -0.212 e. The predicted molar refractivity (Wildman–Crippen MR) is 53.3 cm³/mol. The summed E-state index contributed by atoms with van der Waals surface area (Å²) in [7, 11) is 2.13. The van der Waals surface area contributed by atoms with Crippen molar-refractivity contribution in [2.75, 3.05) is 0 Å². The second-order valence-electron chi connectivity index (χ2n) is 4.43. The van der Waals surface area contributed by atoms with Crippen LogP contribution in [0.1, 0.15) is 44.9 Å². The Labute approximate surface area is 84.1 Å². The highest BCUT2D eigenvalue weighted by atomic mass is 35.7. The van der Waals surface area contributed by atoms with Crippen LogP contribution >= 0.6 is 10.7 Å². The Morgan fingerprint density at radius 2 is 1.69 bits per heavy atom. The molecule has 0 aromatic carbocycles. The third-order valence-electron chi connectivity index (χ3n) is 3.78. The van der Waals surface area contributed by atoms with Crippen molar-refractivity contribution in [3.63, 3.8) is 0 Å². The summed E-state index contributed by atoms with van der Waals surface area (Å²) in [5.41, 5.74) is 0.0822. The van der Waals surface area contributed by atoms with Gasteiger partial charge in [-0.3, -0.25) is 0 Å². The van der Waals surface area contributed by atoms with Crippen LogP contribution in [0.5, 0.6) is 0 Å². The van der Waals surface area contributed by atoms with Crippen molar-refractivity contribution < 1.29 is 8.42 Å². The summed E-state index contributed by atoms with van der Waals surface area (Å²) >= 11 is 0. The fourth-order valence-electron chi connectivity index (χ4n) is 2.94. The zero-order valence-corrected chi connectivity index (χ0v) is 9.20. The zero-order chi connectivity index (χ0) is 9.53. The Bertz CT molecular complexity index is 291. The molecule has 0 saturated heterocycles. The molecule has 2 aliphatic rings. The Balaban J connectivity index is 2.16. The molecule has 2 fully saturated rings. The molecule has 1 unspecified atom stereocenters. The Hall–Kier alpha value is 0.240. The van der Waals surface area contributed by atoms with E-state index in [0.29, 0.717) is 0 Å². The molecule has 0 amide bonds. The molecule has 0 aliphatic heterocycles. The second-order valence-corrected chi connectivity index (χ2v) is 7.24. The monoisotopic (exact) mass is 222 g/mol. The lowest BCUT2D eigenvalue weighted by atomic mass is 9.60. The van der Waals surface area contributed by atoms with Crippen molar-refractivity contribution in [3.8, 4) is 0 Å². The lowest BCUT2D eigenvalue weighted by molar-refractivity contribution is 0.0842. The largest absolute Gasteiger partial charge is 0.236 e. The van der Waals surface area contributed by atoms with Gasteiger partial charge in [-0.05, 0) is 31.1 Å². The van der Waals surface area contributed by atoms with Crippen molar-refractivity contribution in [1.82, 2.24) is 0 Å². The maximum atomic E-state index is 11.3. The topological polar surface area (TPSA) is 34.1 Å². The van der Waals surface area contributed by atoms with E-state index < -0.39 is 9.05 Å². The van der Waals surface area contributed by atoms with Gasteiger partial charge in [-0.25, -0.2) is 8.42 Å². The number of halogens is 1. The quantitative estimate of drug-likeness (QED) is 0.640. The Kier molecular flexibility index (Phi) is 2.35. The number of rotatable bonds is 1. The molecule has 76 valence electrons. The first-order valence-electron chi connectivity index (χ1n) is 4.98. The van der Waals surface area contributed by atoms with Crippen LogP contribution in [0, 0.1) is 5.41 Å². The molecular formula is C9H15ClO2S. The van der Waals surface area contributed by atoms with Crippen LogP contribution < -0.4 is 0 Å². The molecule has 1 spiro atoms. The van der Waals surface area contributed by atoms with Crippen LogP contribution in [0.25, 0.3) is 0 Å². The van der Waals surface area contributed by atoms with Crippen LogP contribution in [0.2, 0.25) is 0 Å². The smallest absolute Gasteiger partial charge is 0.212 e. The minimum atomic E-state index is -3.30. The third kappa shape index (κ3) is 1.61. The molecule has 0 aromatic heterocycles. The maximum Gasteiger partial charge on any atom is 0.236 e. The SMILES string of the molecule is O=S(=O)(Cl)C1CCC12CCCCC2. The van der Waals surface area contributed by atoms with Gasteiger partial charge in [0.05, 0.1) is 5.25 Å². The summed E-state index contributed by atoms with van der Waals surface area (Å²) < 4.78 is 22.5. The maximum absolute atomic E-state index is 11.3. The van der Waals surface area contributed by atoms with E-state index in [0.717, 1.165) is 25.7 Å². The first kappa shape index (κ1) is 9.78. The molecule has 0 heterocycles. The van der Waals surface area contributed by atoms with Gasteiger partial charge in [0, 0.05) is 10.7 Å². The van der Waals surface area contributed by atoms with Crippen molar-refractivity contribution in [3.05, 3.63) is 0 Å². The van der Waals surface area contributed by atoms with Gasteiger partial charge in [0.15, 0.2) is 0 Å². The molecular weight excluding hydrogens is 208 g/mol. The number of hydrogen-bond acceptors (Lipinski definition) is 2. The molecule has 1 atom stereocenters. The first-order valence-corrected chi connectivity index (χ1v) is 7.35. The highest BCUT2D eigenvalue weighted by molar-refractivity contribution is 8.14. The lowest BCUT2D eigenvalue weighted by Gasteiger charge is -2.50. The summed E-state index contributed by atoms with van der Waals surface area (Å²) in [6.45, 7) is 0. The predicted octanol–water partition coefficient (Wildman–Crippen LogP) is 2.67. The molecule has 2 aliphatic carbocycles. The van der Waals surface area contributed by atoms with Gasteiger partial charge in [0.2, 0.25) is 9.05 Å². The molecule has 0 aromatic rings. The van der Waals surface area contributed by atoms with Crippen molar-refractivity contribution in [2.45, 2.75) is 50.2 Å². The summed E-state index contributed by atoms with van der Waals surface area (Å²) in [6.07, 6.45) is 7.63. The van der Waals surface area contributed by atoms with Crippen LogP contribution in [0.3, 0.4) is 0 Å². The average molecular weight is 223 g/mol. The fourth-order valence-corrected chi connectivity index (χ4v) is 5.12. The van der Waals surface area contributed by atoms with Gasteiger partial charge >= 0.3 is 0 Å². The van der Waals surface area contributed by atoms with E-state index in [1.54, 1.807) is 0 Å². The van der Waals surface area contributed by atoms with E-state index in [4.69, 9.17) is 10.7 Å². The van der Waals surface area contributed by atoms with Gasteiger partial charge in [0.25, 0.3) is 0 Å². The molecule has 0 radical (unpaired) electrons. The molecule has 0 N–H and O–H groups in total. The minimum absolute atomic E-state index is 0.0822. The lowest BCUT2D eigenvalue weighted by Crippen LogP contribution is -2.49. The van der Waals surface area contributed by atoms with Crippen LogP contribution in [0.4, 0.5) is 0 Å². The first-order chi connectivity index (χ1) is 6.05. The molecule has 2 nitrogen and oxygen atoms in total. The van der Waals surface area contributed by atoms with Gasteiger partial charge < -0.3 is 0 Å². The summed E-state index contributed by atoms with van der Waals surface area (Å²) in [6, 6.07) is 0. The Morgan fingerprint density at radius 3 is 2.08 bits per heavy atom. The molecule has 2 saturated carbocycles. The van der Waals surface area contributed by atoms with Crippen molar-refractivity contribution in [2.24, 2.45) is 5.41 Å².